The summed E-state index contributed by atoms with van der Waals surface area (Å²) in [7, 11) is 0. The van der Waals surface area contributed by atoms with Crippen molar-refractivity contribution in [3.05, 3.63) is 53.1 Å². The molecule has 22 heavy (non-hydrogen) atoms. The van der Waals surface area contributed by atoms with E-state index in [-0.39, 0.29) is 24.2 Å². The number of carbonyl (C=O) groups is 2. The average molecular weight is 360 g/mol. The van der Waals surface area contributed by atoms with Crippen LogP contribution in [-0.4, -0.2) is 23.3 Å². The predicted molar refractivity (Wildman–Crippen MR) is 87.5 cm³/mol. The van der Waals surface area contributed by atoms with Crippen LogP contribution in [0.2, 0.25) is 0 Å². The molecule has 112 valence electrons. The molecule has 1 aliphatic rings. The Labute approximate surface area is 136 Å². The molecule has 0 aliphatic carbocycles. The SMILES string of the molecule is O=C(Nc1ccccn1)C1CC(=O)N(c2cccc(Br)c2)C1. The average Bonchev–Trinajstić information content (AvgIpc) is 2.90. The zero-order valence-electron chi connectivity index (χ0n) is 11.7. The Morgan fingerprint density at radius 2 is 2.14 bits per heavy atom. The van der Waals surface area contributed by atoms with Crippen LogP contribution in [0.25, 0.3) is 0 Å². The second-order valence-corrected chi connectivity index (χ2v) is 6.01. The maximum absolute atomic E-state index is 12.3. The van der Waals surface area contributed by atoms with Gasteiger partial charge in [0.2, 0.25) is 11.8 Å². The first kappa shape index (κ1) is 14.7. The molecule has 1 N–H and O–H groups in total. The van der Waals surface area contributed by atoms with E-state index in [2.05, 4.69) is 26.2 Å². The highest BCUT2D eigenvalue weighted by molar-refractivity contribution is 9.10. The van der Waals surface area contributed by atoms with Gasteiger partial charge in [-0.1, -0.05) is 28.1 Å². The van der Waals surface area contributed by atoms with Gasteiger partial charge in [-0.15, -0.1) is 0 Å². The molecule has 1 aliphatic heterocycles. The Kier molecular flexibility index (Phi) is 4.20. The Balaban J connectivity index is 1.70. The summed E-state index contributed by atoms with van der Waals surface area (Å²) in [5, 5.41) is 2.75. The number of rotatable bonds is 3. The number of pyridine rings is 1. The number of nitrogens with zero attached hydrogens (tertiary/aromatic N) is 2. The van der Waals surface area contributed by atoms with Gasteiger partial charge in [0.05, 0.1) is 5.92 Å². The first-order valence-corrected chi connectivity index (χ1v) is 7.70. The van der Waals surface area contributed by atoms with Gasteiger partial charge in [0.15, 0.2) is 0 Å². The van der Waals surface area contributed by atoms with Crippen molar-refractivity contribution < 1.29 is 9.59 Å². The molecule has 1 atom stereocenters. The first-order chi connectivity index (χ1) is 10.6. The third-order valence-corrected chi connectivity index (χ3v) is 4.03. The van der Waals surface area contributed by atoms with E-state index in [1.54, 1.807) is 29.3 Å². The van der Waals surface area contributed by atoms with Crippen LogP contribution in [0, 0.1) is 5.92 Å². The zero-order chi connectivity index (χ0) is 15.5. The van der Waals surface area contributed by atoms with E-state index in [1.807, 2.05) is 24.3 Å². The summed E-state index contributed by atoms with van der Waals surface area (Å²) in [5.74, 6) is -0.0850. The van der Waals surface area contributed by atoms with Gasteiger partial charge in [0.1, 0.15) is 5.82 Å². The quantitative estimate of drug-likeness (QED) is 0.916. The molecule has 1 saturated heterocycles. The second-order valence-electron chi connectivity index (χ2n) is 5.09. The number of benzene rings is 1. The minimum absolute atomic E-state index is 0.0423. The normalized spacial score (nSPS) is 17.6. The van der Waals surface area contributed by atoms with Crippen molar-refractivity contribution in [2.45, 2.75) is 6.42 Å². The van der Waals surface area contributed by atoms with Crippen LogP contribution in [0.4, 0.5) is 11.5 Å². The third kappa shape index (κ3) is 3.17. The minimum Gasteiger partial charge on any atom is -0.312 e. The number of halogens is 1. The van der Waals surface area contributed by atoms with Crippen molar-refractivity contribution in [3.8, 4) is 0 Å². The lowest BCUT2D eigenvalue weighted by Crippen LogP contribution is -2.28. The molecule has 2 amide bonds. The number of hydrogen-bond donors (Lipinski definition) is 1. The van der Waals surface area contributed by atoms with Gasteiger partial charge < -0.3 is 10.2 Å². The van der Waals surface area contributed by atoms with Crippen LogP contribution >= 0.6 is 15.9 Å². The maximum atomic E-state index is 12.3. The molecule has 5 nitrogen and oxygen atoms in total. The summed E-state index contributed by atoms with van der Waals surface area (Å²) in [6.45, 7) is 0.383. The van der Waals surface area contributed by atoms with E-state index < -0.39 is 0 Å². The number of nitrogens with one attached hydrogen (secondary N) is 1. The Morgan fingerprint density at radius 1 is 1.27 bits per heavy atom. The number of anilines is 2. The Hall–Kier alpha value is -2.21. The van der Waals surface area contributed by atoms with Crippen molar-refractivity contribution in [1.82, 2.24) is 4.98 Å². The minimum atomic E-state index is -0.367. The largest absolute Gasteiger partial charge is 0.312 e. The fraction of sp³-hybridized carbons (Fsp3) is 0.188. The van der Waals surface area contributed by atoms with E-state index in [0.29, 0.717) is 12.4 Å². The Bertz CT molecular complexity index is 706. The van der Waals surface area contributed by atoms with Crippen molar-refractivity contribution in [1.29, 1.82) is 0 Å². The number of aromatic nitrogens is 1. The van der Waals surface area contributed by atoms with E-state index >= 15 is 0 Å². The van der Waals surface area contributed by atoms with Gasteiger partial charge in [-0.2, -0.15) is 0 Å². The summed E-state index contributed by atoms with van der Waals surface area (Å²) >= 11 is 3.39. The topological polar surface area (TPSA) is 62.3 Å². The van der Waals surface area contributed by atoms with Gasteiger partial charge in [-0.05, 0) is 30.3 Å². The second kappa shape index (κ2) is 6.27. The maximum Gasteiger partial charge on any atom is 0.230 e. The van der Waals surface area contributed by atoms with E-state index in [4.69, 9.17) is 0 Å². The number of carbonyl (C=O) groups excluding carboxylic acids is 2. The van der Waals surface area contributed by atoms with Crippen LogP contribution in [-0.2, 0) is 9.59 Å². The molecule has 2 heterocycles. The Morgan fingerprint density at radius 3 is 2.86 bits per heavy atom. The molecular weight excluding hydrogens is 346 g/mol. The predicted octanol–water partition coefficient (Wildman–Crippen LogP) is 2.84. The van der Waals surface area contributed by atoms with E-state index in [9.17, 15) is 9.59 Å². The number of amides is 2. The molecule has 0 bridgehead atoms. The molecule has 2 aromatic rings. The zero-order valence-corrected chi connectivity index (χ0v) is 13.3. The van der Waals surface area contributed by atoms with E-state index in [1.165, 1.54) is 0 Å². The first-order valence-electron chi connectivity index (χ1n) is 6.91. The molecule has 6 heteroatoms. The van der Waals surface area contributed by atoms with Gasteiger partial charge in [0, 0.05) is 29.3 Å². The van der Waals surface area contributed by atoms with Gasteiger partial charge in [0.25, 0.3) is 0 Å². The van der Waals surface area contributed by atoms with Gasteiger partial charge in [-0.3, -0.25) is 9.59 Å². The highest BCUT2D eigenvalue weighted by Crippen LogP contribution is 2.27. The van der Waals surface area contributed by atoms with Crippen molar-refractivity contribution in [2.75, 3.05) is 16.8 Å². The highest BCUT2D eigenvalue weighted by atomic mass is 79.9. The summed E-state index contributed by atoms with van der Waals surface area (Å²) in [5.41, 5.74) is 0.799. The smallest absolute Gasteiger partial charge is 0.230 e. The fourth-order valence-electron chi connectivity index (χ4n) is 2.44. The molecule has 0 radical (unpaired) electrons. The number of hydrogen-bond acceptors (Lipinski definition) is 3. The van der Waals surface area contributed by atoms with Crippen LogP contribution in [0.5, 0.6) is 0 Å². The summed E-state index contributed by atoms with van der Waals surface area (Å²) in [4.78, 5) is 30.1. The summed E-state index contributed by atoms with van der Waals surface area (Å²) in [6, 6.07) is 12.8. The summed E-state index contributed by atoms with van der Waals surface area (Å²) in [6.07, 6.45) is 1.83. The molecule has 1 aromatic carbocycles. The van der Waals surface area contributed by atoms with Crippen LogP contribution < -0.4 is 10.2 Å². The van der Waals surface area contributed by atoms with Gasteiger partial charge in [-0.25, -0.2) is 4.98 Å². The molecule has 1 unspecified atom stereocenters. The molecule has 1 aromatic heterocycles. The lowest BCUT2D eigenvalue weighted by atomic mass is 10.1. The summed E-state index contributed by atoms with van der Waals surface area (Å²) < 4.78 is 0.902. The molecular formula is C16H14BrN3O2. The van der Waals surface area contributed by atoms with Crippen LogP contribution in [0.3, 0.4) is 0 Å². The van der Waals surface area contributed by atoms with Gasteiger partial charge >= 0.3 is 0 Å². The lowest BCUT2D eigenvalue weighted by Gasteiger charge is -2.17. The highest BCUT2D eigenvalue weighted by Gasteiger charge is 2.35. The van der Waals surface area contributed by atoms with Crippen LogP contribution in [0.1, 0.15) is 6.42 Å². The van der Waals surface area contributed by atoms with Crippen molar-refractivity contribution >= 4 is 39.2 Å². The van der Waals surface area contributed by atoms with Crippen LogP contribution in [0.15, 0.2) is 53.1 Å². The molecule has 0 spiro atoms. The lowest BCUT2D eigenvalue weighted by molar-refractivity contribution is -0.122. The fourth-order valence-corrected chi connectivity index (χ4v) is 2.83. The molecule has 1 fully saturated rings. The van der Waals surface area contributed by atoms with E-state index in [0.717, 1.165) is 10.2 Å². The van der Waals surface area contributed by atoms with Crippen molar-refractivity contribution in [2.24, 2.45) is 5.92 Å². The third-order valence-electron chi connectivity index (χ3n) is 3.53. The molecule has 0 saturated carbocycles. The van der Waals surface area contributed by atoms with Crippen molar-refractivity contribution in [3.63, 3.8) is 0 Å². The molecule has 3 rings (SSSR count). The standard InChI is InChI=1S/C16H14BrN3O2/c17-12-4-3-5-13(9-12)20-10-11(8-15(20)21)16(22)19-14-6-1-2-7-18-14/h1-7,9,11H,8,10H2,(H,18,19,22). The monoisotopic (exact) mass is 359 g/mol.